The average Bonchev–Trinajstić information content (AvgIpc) is 3.02. The van der Waals surface area contributed by atoms with Gasteiger partial charge < -0.3 is 9.80 Å². The van der Waals surface area contributed by atoms with Crippen molar-refractivity contribution in [3.05, 3.63) is 0 Å². The van der Waals surface area contributed by atoms with E-state index in [9.17, 15) is 14.4 Å². The smallest absolute Gasteiger partial charge is 0.240 e. The minimum Gasteiger partial charge on any atom is -0.342 e. The molecule has 138 valence electrons. The molecule has 1 atom stereocenters. The highest BCUT2D eigenvalue weighted by Gasteiger charge is 2.49. The molecule has 0 aromatic rings. The monoisotopic (exact) mass is 348 g/mol. The highest BCUT2D eigenvalue weighted by Crippen LogP contribution is 2.40. The number of hydrogen-bond donors (Lipinski definition) is 1. The third kappa shape index (κ3) is 3.70. The number of rotatable bonds is 4. The van der Waals surface area contributed by atoms with Crippen LogP contribution in [0.4, 0.5) is 0 Å². The summed E-state index contributed by atoms with van der Waals surface area (Å²) in [6.07, 6.45) is 4.73. The van der Waals surface area contributed by atoms with E-state index in [1.807, 2.05) is 9.80 Å². The number of hydrazone groups is 1. The summed E-state index contributed by atoms with van der Waals surface area (Å²) in [5, 5.41) is 4.02. The molecule has 1 spiro atoms. The Hall–Kier alpha value is -1.92. The minimum atomic E-state index is -0.367. The highest BCUT2D eigenvalue weighted by atomic mass is 16.2. The van der Waals surface area contributed by atoms with E-state index in [1.165, 1.54) is 0 Å². The number of nitrogens with zero attached hydrogens (tertiary/aromatic N) is 3. The SMILES string of the molecule is CC(C)N1CCCC2(CCN(C(=O)CCC3=NNC(=O)CC3)C2)C1=O. The topological polar surface area (TPSA) is 82.1 Å². The normalized spacial score (nSPS) is 27.1. The summed E-state index contributed by atoms with van der Waals surface area (Å²) in [6.45, 7) is 6.16. The first kappa shape index (κ1) is 17.9. The van der Waals surface area contributed by atoms with E-state index in [4.69, 9.17) is 0 Å². The van der Waals surface area contributed by atoms with Gasteiger partial charge in [0.15, 0.2) is 0 Å². The molecule has 3 amide bonds. The molecule has 7 nitrogen and oxygen atoms in total. The van der Waals surface area contributed by atoms with E-state index in [1.54, 1.807) is 0 Å². The third-order valence-electron chi connectivity index (χ3n) is 5.71. The van der Waals surface area contributed by atoms with Gasteiger partial charge in [0.1, 0.15) is 0 Å². The van der Waals surface area contributed by atoms with Gasteiger partial charge in [-0.25, -0.2) is 5.43 Å². The van der Waals surface area contributed by atoms with Gasteiger partial charge in [0.05, 0.1) is 5.41 Å². The molecule has 1 N–H and O–H groups in total. The fourth-order valence-corrected chi connectivity index (χ4v) is 4.16. The molecule has 25 heavy (non-hydrogen) atoms. The summed E-state index contributed by atoms with van der Waals surface area (Å²) in [5.74, 6) is 0.247. The van der Waals surface area contributed by atoms with Crippen molar-refractivity contribution in [3.8, 4) is 0 Å². The second-order valence-electron chi connectivity index (χ2n) is 7.75. The van der Waals surface area contributed by atoms with Crippen molar-refractivity contribution in [1.29, 1.82) is 0 Å². The molecule has 3 heterocycles. The first-order valence-corrected chi connectivity index (χ1v) is 9.34. The summed E-state index contributed by atoms with van der Waals surface area (Å²) < 4.78 is 0. The van der Waals surface area contributed by atoms with Crippen molar-refractivity contribution in [2.45, 2.75) is 64.8 Å². The fourth-order valence-electron chi connectivity index (χ4n) is 4.16. The van der Waals surface area contributed by atoms with Crippen LogP contribution in [0.15, 0.2) is 5.10 Å². The van der Waals surface area contributed by atoms with Crippen molar-refractivity contribution in [2.24, 2.45) is 10.5 Å². The van der Waals surface area contributed by atoms with Crippen LogP contribution in [0.3, 0.4) is 0 Å². The molecule has 2 saturated heterocycles. The maximum atomic E-state index is 12.9. The van der Waals surface area contributed by atoms with Gasteiger partial charge in [0.2, 0.25) is 17.7 Å². The standard InChI is InChI=1S/C18H28N4O3/c1-13(2)22-10-3-8-18(17(22)25)9-11-21(12-18)16(24)7-5-14-4-6-15(23)20-19-14/h13H,3-12H2,1-2H3,(H,20,23). The lowest BCUT2D eigenvalue weighted by molar-refractivity contribution is -0.148. The lowest BCUT2D eigenvalue weighted by Crippen LogP contribution is -2.52. The Morgan fingerprint density at radius 3 is 2.72 bits per heavy atom. The zero-order valence-corrected chi connectivity index (χ0v) is 15.2. The second kappa shape index (κ2) is 7.14. The van der Waals surface area contributed by atoms with Crippen LogP contribution in [0, 0.1) is 5.41 Å². The summed E-state index contributed by atoms with van der Waals surface area (Å²) in [7, 11) is 0. The number of piperidine rings is 1. The molecule has 3 aliphatic rings. The summed E-state index contributed by atoms with van der Waals surface area (Å²) in [4.78, 5) is 40.4. The molecule has 0 saturated carbocycles. The summed E-state index contributed by atoms with van der Waals surface area (Å²) in [5.41, 5.74) is 2.98. The molecule has 7 heteroatoms. The Morgan fingerprint density at radius 2 is 2.04 bits per heavy atom. The maximum Gasteiger partial charge on any atom is 0.240 e. The molecule has 0 aromatic heterocycles. The number of amides is 3. The zero-order valence-electron chi connectivity index (χ0n) is 15.2. The van der Waals surface area contributed by atoms with Gasteiger partial charge in [0.25, 0.3) is 0 Å². The Morgan fingerprint density at radius 1 is 1.24 bits per heavy atom. The molecule has 3 aliphatic heterocycles. The quantitative estimate of drug-likeness (QED) is 0.831. The first-order valence-electron chi connectivity index (χ1n) is 9.34. The van der Waals surface area contributed by atoms with E-state index in [0.717, 1.165) is 31.5 Å². The Kier molecular flexibility index (Phi) is 5.11. The molecule has 2 fully saturated rings. The van der Waals surface area contributed by atoms with Crippen LogP contribution in [0.5, 0.6) is 0 Å². The van der Waals surface area contributed by atoms with E-state index in [-0.39, 0.29) is 29.2 Å². The van der Waals surface area contributed by atoms with Crippen molar-refractivity contribution in [1.82, 2.24) is 15.2 Å². The van der Waals surface area contributed by atoms with Crippen molar-refractivity contribution >= 4 is 23.4 Å². The van der Waals surface area contributed by atoms with Gasteiger partial charge in [-0.3, -0.25) is 14.4 Å². The molecular weight excluding hydrogens is 320 g/mol. The van der Waals surface area contributed by atoms with Crippen LogP contribution in [-0.4, -0.2) is 58.9 Å². The molecule has 1 unspecified atom stereocenters. The molecule has 0 radical (unpaired) electrons. The second-order valence-corrected chi connectivity index (χ2v) is 7.75. The van der Waals surface area contributed by atoms with E-state index < -0.39 is 0 Å². The number of carbonyl (C=O) groups is 3. The van der Waals surface area contributed by atoms with Crippen molar-refractivity contribution in [2.75, 3.05) is 19.6 Å². The van der Waals surface area contributed by atoms with Crippen LogP contribution in [0.2, 0.25) is 0 Å². The predicted octanol–water partition coefficient (Wildman–Crippen LogP) is 1.28. The third-order valence-corrected chi connectivity index (χ3v) is 5.71. The lowest BCUT2D eigenvalue weighted by Gasteiger charge is -2.41. The first-order chi connectivity index (χ1) is 11.9. The number of carbonyl (C=O) groups excluding carboxylic acids is 3. The molecule has 0 aliphatic carbocycles. The Labute approximate surface area is 148 Å². The predicted molar refractivity (Wildman–Crippen MR) is 93.8 cm³/mol. The van der Waals surface area contributed by atoms with Crippen LogP contribution >= 0.6 is 0 Å². The van der Waals surface area contributed by atoms with Crippen LogP contribution in [0.1, 0.15) is 58.8 Å². The van der Waals surface area contributed by atoms with Crippen molar-refractivity contribution < 1.29 is 14.4 Å². The molecule has 3 rings (SSSR count). The average molecular weight is 348 g/mol. The highest BCUT2D eigenvalue weighted by molar-refractivity contribution is 5.94. The largest absolute Gasteiger partial charge is 0.342 e. The molecule has 0 aromatic carbocycles. The summed E-state index contributed by atoms with van der Waals surface area (Å²) >= 11 is 0. The Bertz CT molecular complexity index is 601. The van der Waals surface area contributed by atoms with E-state index in [2.05, 4.69) is 24.4 Å². The molecule has 0 bridgehead atoms. The fraction of sp³-hybridized carbons (Fsp3) is 0.778. The lowest BCUT2D eigenvalue weighted by atomic mass is 9.78. The zero-order chi connectivity index (χ0) is 18.0. The molecular formula is C18H28N4O3. The van der Waals surface area contributed by atoms with Crippen LogP contribution in [-0.2, 0) is 14.4 Å². The van der Waals surface area contributed by atoms with Gasteiger partial charge in [-0.05, 0) is 46.0 Å². The van der Waals surface area contributed by atoms with Gasteiger partial charge >= 0.3 is 0 Å². The van der Waals surface area contributed by atoms with Gasteiger partial charge in [-0.2, -0.15) is 5.10 Å². The van der Waals surface area contributed by atoms with Crippen LogP contribution < -0.4 is 5.43 Å². The summed E-state index contributed by atoms with van der Waals surface area (Å²) in [6, 6.07) is 0.217. The van der Waals surface area contributed by atoms with Gasteiger partial charge in [-0.15, -0.1) is 0 Å². The van der Waals surface area contributed by atoms with Gasteiger partial charge in [-0.1, -0.05) is 0 Å². The minimum absolute atomic E-state index is 0.0675. The number of hydrogen-bond acceptors (Lipinski definition) is 4. The van der Waals surface area contributed by atoms with E-state index >= 15 is 0 Å². The maximum absolute atomic E-state index is 12.9. The van der Waals surface area contributed by atoms with Crippen molar-refractivity contribution in [3.63, 3.8) is 0 Å². The number of likely N-dealkylation sites (tertiary alicyclic amines) is 2. The van der Waals surface area contributed by atoms with Crippen LogP contribution in [0.25, 0.3) is 0 Å². The van der Waals surface area contributed by atoms with E-state index in [0.29, 0.717) is 38.8 Å². The Balaban J connectivity index is 1.56. The number of nitrogens with one attached hydrogen (secondary N) is 1. The van der Waals surface area contributed by atoms with Gasteiger partial charge in [0, 0.05) is 44.2 Å².